The van der Waals surface area contributed by atoms with E-state index in [1.807, 2.05) is 11.3 Å². The van der Waals surface area contributed by atoms with Gasteiger partial charge in [-0.3, -0.25) is 0 Å². The molecule has 0 atom stereocenters. The quantitative estimate of drug-likeness (QED) is 0.162. The second-order valence-corrected chi connectivity index (χ2v) is 13.1. The highest BCUT2D eigenvalue weighted by Gasteiger charge is 2.52. The Hall–Kier alpha value is -3.70. The first kappa shape index (κ1) is 24.1. The van der Waals surface area contributed by atoms with Gasteiger partial charge in [0.1, 0.15) is 0 Å². The molecule has 0 unspecified atom stereocenters. The molecule has 0 N–H and O–H groups in total. The Labute approximate surface area is 238 Å². The fourth-order valence-electron chi connectivity index (χ4n) is 6.29. The lowest BCUT2D eigenvalue weighted by Gasteiger charge is -2.32. The van der Waals surface area contributed by atoms with Gasteiger partial charge < -0.3 is 9.31 Å². The zero-order chi connectivity index (χ0) is 27.2. The molecular formula is C36H29BO2S. The monoisotopic (exact) mass is 536 g/mol. The lowest BCUT2D eigenvalue weighted by molar-refractivity contribution is 0.00578. The van der Waals surface area contributed by atoms with Crippen LogP contribution in [0, 0.1) is 0 Å². The minimum atomic E-state index is -0.435. The zero-order valence-electron chi connectivity index (χ0n) is 23.1. The van der Waals surface area contributed by atoms with Gasteiger partial charge >= 0.3 is 7.12 Å². The van der Waals surface area contributed by atoms with E-state index in [0.29, 0.717) is 0 Å². The summed E-state index contributed by atoms with van der Waals surface area (Å²) in [5.41, 5.74) is 2.72. The van der Waals surface area contributed by atoms with Crippen molar-refractivity contribution in [2.45, 2.75) is 38.9 Å². The molecule has 2 heterocycles. The fraction of sp³-hybridized carbons (Fsp3) is 0.167. The summed E-state index contributed by atoms with van der Waals surface area (Å²) in [6, 6.07) is 37.8. The predicted octanol–water partition coefficient (Wildman–Crippen LogP) is 9.48. The van der Waals surface area contributed by atoms with Crippen molar-refractivity contribution in [3.63, 3.8) is 0 Å². The van der Waals surface area contributed by atoms with Crippen LogP contribution < -0.4 is 5.46 Å². The molecule has 2 nitrogen and oxygen atoms in total. The van der Waals surface area contributed by atoms with Gasteiger partial charge in [-0.05, 0) is 101 Å². The molecule has 1 aliphatic heterocycles. The molecule has 0 bridgehead atoms. The number of hydrogen-bond donors (Lipinski definition) is 0. The third-order valence-corrected chi connectivity index (χ3v) is 10.3. The van der Waals surface area contributed by atoms with Crippen LogP contribution >= 0.6 is 11.3 Å². The molecule has 0 aliphatic carbocycles. The van der Waals surface area contributed by atoms with Crippen molar-refractivity contribution < 1.29 is 9.31 Å². The Balaban J connectivity index is 1.41. The summed E-state index contributed by atoms with van der Waals surface area (Å²) in [5, 5.41) is 10.1. The molecule has 194 valence electrons. The molecular weight excluding hydrogens is 507 g/mol. The van der Waals surface area contributed by atoms with E-state index < -0.39 is 18.3 Å². The molecule has 0 amide bonds. The Kier molecular flexibility index (Phi) is 5.07. The van der Waals surface area contributed by atoms with Crippen molar-refractivity contribution in [3.8, 4) is 11.1 Å². The van der Waals surface area contributed by atoms with Crippen molar-refractivity contribution in [3.05, 3.63) is 103 Å². The van der Waals surface area contributed by atoms with Gasteiger partial charge in [0, 0.05) is 20.2 Å². The molecule has 7 aromatic rings. The summed E-state index contributed by atoms with van der Waals surface area (Å²) in [6.45, 7) is 8.48. The SMILES string of the molecule is CC1(C)OB(c2cccc3c4ccccc4c4ccc(-c5ccc6sc7ccccc7c6c5)cc4c23)OC1(C)C. The van der Waals surface area contributed by atoms with E-state index in [1.54, 1.807) is 0 Å². The first-order valence-corrected chi connectivity index (χ1v) is 14.8. The fourth-order valence-corrected chi connectivity index (χ4v) is 7.37. The van der Waals surface area contributed by atoms with Gasteiger partial charge in [-0.25, -0.2) is 0 Å². The molecule has 0 radical (unpaired) electrons. The number of hydrogen-bond acceptors (Lipinski definition) is 3. The number of fused-ring (bicyclic) bond motifs is 9. The van der Waals surface area contributed by atoms with Crippen LogP contribution in [0.3, 0.4) is 0 Å². The summed E-state index contributed by atoms with van der Waals surface area (Å²) in [5.74, 6) is 0. The second-order valence-electron chi connectivity index (χ2n) is 12.0. The highest BCUT2D eigenvalue weighted by Crippen LogP contribution is 2.41. The second kappa shape index (κ2) is 8.41. The molecule has 0 spiro atoms. The molecule has 6 aromatic carbocycles. The summed E-state index contributed by atoms with van der Waals surface area (Å²) < 4.78 is 15.8. The minimum absolute atomic E-state index is 0.406. The highest BCUT2D eigenvalue weighted by molar-refractivity contribution is 7.25. The number of rotatable bonds is 2. The molecule has 1 aliphatic rings. The van der Waals surface area contributed by atoms with Crippen LogP contribution in [0.2, 0.25) is 0 Å². The molecule has 1 fully saturated rings. The maximum Gasteiger partial charge on any atom is 0.495 e. The molecule has 4 heteroatoms. The van der Waals surface area contributed by atoms with Crippen LogP contribution in [0.1, 0.15) is 27.7 Å². The average Bonchev–Trinajstić information content (AvgIpc) is 3.44. The normalized spacial score (nSPS) is 16.6. The summed E-state index contributed by atoms with van der Waals surface area (Å²) >= 11 is 1.86. The van der Waals surface area contributed by atoms with E-state index in [9.17, 15) is 0 Å². The van der Waals surface area contributed by atoms with Gasteiger partial charge in [-0.1, -0.05) is 78.9 Å². The number of thiophene rings is 1. The van der Waals surface area contributed by atoms with Crippen LogP contribution in [0.25, 0.3) is 63.6 Å². The minimum Gasteiger partial charge on any atom is -0.399 e. The molecule has 40 heavy (non-hydrogen) atoms. The molecule has 8 rings (SSSR count). The third kappa shape index (κ3) is 3.43. The molecule has 1 saturated heterocycles. The van der Waals surface area contributed by atoms with Gasteiger partial charge in [0.15, 0.2) is 0 Å². The van der Waals surface area contributed by atoms with Gasteiger partial charge in [0.05, 0.1) is 11.2 Å². The molecule has 0 saturated carbocycles. The number of benzene rings is 6. The first-order valence-electron chi connectivity index (χ1n) is 14.0. The topological polar surface area (TPSA) is 18.5 Å². The average molecular weight is 537 g/mol. The van der Waals surface area contributed by atoms with Gasteiger partial charge in [0.2, 0.25) is 0 Å². The first-order chi connectivity index (χ1) is 19.3. The predicted molar refractivity (Wildman–Crippen MR) is 173 cm³/mol. The van der Waals surface area contributed by atoms with Crippen molar-refractivity contribution in [2.24, 2.45) is 0 Å². The van der Waals surface area contributed by atoms with E-state index in [-0.39, 0.29) is 0 Å². The smallest absolute Gasteiger partial charge is 0.399 e. The van der Waals surface area contributed by atoms with Gasteiger partial charge in [-0.2, -0.15) is 0 Å². The van der Waals surface area contributed by atoms with E-state index in [4.69, 9.17) is 9.31 Å². The Bertz CT molecular complexity index is 2120. The highest BCUT2D eigenvalue weighted by atomic mass is 32.1. The van der Waals surface area contributed by atoms with Crippen LogP contribution in [0.4, 0.5) is 0 Å². The Morgan fingerprint density at radius 1 is 0.500 bits per heavy atom. The maximum absolute atomic E-state index is 6.59. The lowest BCUT2D eigenvalue weighted by Crippen LogP contribution is -2.41. The Morgan fingerprint density at radius 3 is 1.80 bits per heavy atom. The van der Waals surface area contributed by atoms with Crippen molar-refractivity contribution in [2.75, 3.05) is 0 Å². The summed E-state index contributed by atoms with van der Waals surface area (Å²) in [4.78, 5) is 0. The zero-order valence-corrected chi connectivity index (χ0v) is 23.9. The van der Waals surface area contributed by atoms with Crippen LogP contribution in [0.15, 0.2) is 103 Å². The Morgan fingerprint density at radius 2 is 1.05 bits per heavy atom. The van der Waals surface area contributed by atoms with Crippen LogP contribution in [0.5, 0.6) is 0 Å². The third-order valence-electron chi connectivity index (χ3n) is 9.11. The van der Waals surface area contributed by atoms with E-state index in [0.717, 1.165) is 5.46 Å². The van der Waals surface area contributed by atoms with E-state index in [2.05, 4.69) is 131 Å². The maximum atomic E-state index is 6.59. The standard InChI is InChI=1S/C36H29BO2S/c1-35(2)36(3,4)39-37(38-35)31-14-9-13-28-25-11-6-5-10-24(25)26-18-16-22(21-30(26)34(28)31)23-17-19-33-29(20-23)27-12-7-8-15-32(27)40-33/h5-21H,1-4H3. The summed E-state index contributed by atoms with van der Waals surface area (Å²) in [6.07, 6.45) is 0. The van der Waals surface area contributed by atoms with Crippen molar-refractivity contribution in [1.82, 2.24) is 0 Å². The van der Waals surface area contributed by atoms with E-state index in [1.165, 1.54) is 63.6 Å². The van der Waals surface area contributed by atoms with E-state index >= 15 is 0 Å². The van der Waals surface area contributed by atoms with Gasteiger partial charge in [0.25, 0.3) is 0 Å². The summed E-state index contributed by atoms with van der Waals surface area (Å²) in [7, 11) is -0.435. The lowest BCUT2D eigenvalue weighted by atomic mass is 9.74. The largest absolute Gasteiger partial charge is 0.495 e. The van der Waals surface area contributed by atoms with Crippen molar-refractivity contribution >= 4 is 76.4 Å². The molecule has 1 aromatic heterocycles. The van der Waals surface area contributed by atoms with Gasteiger partial charge in [-0.15, -0.1) is 11.3 Å². The van der Waals surface area contributed by atoms with Crippen molar-refractivity contribution in [1.29, 1.82) is 0 Å². The van der Waals surface area contributed by atoms with Crippen LogP contribution in [-0.4, -0.2) is 18.3 Å². The van der Waals surface area contributed by atoms with Crippen LogP contribution in [-0.2, 0) is 9.31 Å².